The molecule has 0 aromatic carbocycles. The third-order valence-electron chi connectivity index (χ3n) is 3.39. The lowest BCUT2D eigenvalue weighted by molar-refractivity contribution is -0.121. The van der Waals surface area contributed by atoms with Crippen LogP contribution in [0.15, 0.2) is 0 Å². The smallest absolute Gasteiger partial charge is 0.154 e. The summed E-state index contributed by atoms with van der Waals surface area (Å²) in [4.78, 5) is 0. The van der Waals surface area contributed by atoms with Crippen LogP contribution < -0.4 is 0 Å². The summed E-state index contributed by atoms with van der Waals surface area (Å²) in [6.45, 7) is 6.22. The molecule has 0 aromatic rings. The van der Waals surface area contributed by atoms with Gasteiger partial charge in [-0.2, -0.15) is 0 Å². The minimum absolute atomic E-state index is 0.139. The van der Waals surface area contributed by atoms with Crippen LogP contribution in [0.3, 0.4) is 0 Å². The Bertz CT molecular complexity index is 206. The second-order valence-corrected chi connectivity index (χ2v) is 8.11. The Kier molecular flexibility index (Phi) is 20.1. The Morgan fingerprint density at radius 1 is 0.773 bits per heavy atom. The van der Waals surface area contributed by atoms with Crippen molar-refractivity contribution in [3.63, 3.8) is 0 Å². The Morgan fingerprint density at radius 2 is 1.41 bits per heavy atom. The van der Waals surface area contributed by atoms with E-state index in [9.17, 15) is 0 Å². The number of unbranched alkanes of at least 4 members (excludes halogenated alkanes) is 7. The Balaban J connectivity index is 2.97. The maximum atomic E-state index is 5.51. The largest absolute Gasteiger partial charge is 0.378 e. The first-order valence-electron chi connectivity index (χ1n) is 8.77. The average molecular weight is 353 g/mol. The summed E-state index contributed by atoms with van der Waals surface area (Å²) < 4.78 is 15.8. The summed E-state index contributed by atoms with van der Waals surface area (Å²) in [7, 11) is 5.55. The maximum absolute atomic E-state index is 5.51. The molecule has 0 aliphatic heterocycles. The molecule has 0 fully saturated rings. The van der Waals surface area contributed by atoms with Crippen molar-refractivity contribution in [2.45, 2.75) is 71.5 Å². The van der Waals surface area contributed by atoms with Crippen LogP contribution in [-0.4, -0.2) is 44.7 Å². The number of ether oxygens (including phenoxy) is 3. The lowest BCUT2D eigenvalue weighted by Gasteiger charge is -2.10. The van der Waals surface area contributed by atoms with Gasteiger partial charge in [-0.1, -0.05) is 73.5 Å². The van der Waals surface area contributed by atoms with E-state index in [0.29, 0.717) is 13.2 Å². The normalized spacial score (nSPS) is 12.7. The van der Waals surface area contributed by atoms with E-state index < -0.39 is 0 Å². The zero-order chi connectivity index (χ0) is 16.3. The molecule has 0 N–H and O–H groups in total. The molecule has 1 unspecified atom stereocenters. The second kappa shape index (κ2) is 19.6. The molecule has 5 heteroatoms. The first kappa shape index (κ1) is 22.6. The zero-order valence-corrected chi connectivity index (χ0v) is 16.4. The van der Waals surface area contributed by atoms with Gasteiger partial charge in [-0.3, -0.25) is 0 Å². The Labute approximate surface area is 146 Å². The molecule has 0 rings (SSSR count). The van der Waals surface area contributed by atoms with Crippen molar-refractivity contribution in [3.8, 4) is 0 Å². The van der Waals surface area contributed by atoms with Gasteiger partial charge in [-0.25, -0.2) is 0 Å². The van der Waals surface area contributed by atoms with Gasteiger partial charge in [0.2, 0.25) is 0 Å². The zero-order valence-electron chi connectivity index (χ0n) is 14.8. The quantitative estimate of drug-likeness (QED) is 0.184. The molecule has 0 radical (unpaired) electrons. The van der Waals surface area contributed by atoms with Gasteiger partial charge in [-0.05, 0) is 13.3 Å². The number of hydrogen-bond donors (Lipinski definition) is 0. The first-order valence-corrected chi connectivity index (χ1v) is 11.3. The fourth-order valence-electron chi connectivity index (χ4n) is 1.95. The molecule has 134 valence electrons. The van der Waals surface area contributed by atoms with Crippen molar-refractivity contribution < 1.29 is 14.2 Å². The van der Waals surface area contributed by atoms with Gasteiger partial charge in [0.25, 0.3) is 0 Å². The van der Waals surface area contributed by atoms with Gasteiger partial charge in [0, 0.05) is 18.6 Å². The molecular formula is C17H36O3S2. The van der Waals surface area contributed by atoms with Crippen LogP contribution in [0.2, 0.25) is 0 Å². The van der Waals surface area contributed by atoms with Crippen molar-refractivity contribution in [1.29, 1.82) is 0 Å². The summed E-state index contributed by atoms with van der Waals surface area (Å²) in [5.41, 5.74) is 0. The van der Waals surface area contributed by atoms with Gasteiger partial charge in [0.1, 0.15) is 0 Å². The molecule has 0 aliphatic carbocycles. The highest BCUT2D eigenvalue weighted by Gasteiger charge is 1.98. The van der Waals surface area contributed by atoms with Gasteiger partial charge >= 0.3 is 0 Å². The molecule has 3 nitrogen and oxygen atoms in total. The minimum Gasteiger partial charge on any atom is -0.378 e. The molecule has 0 saturated heterocycles. The maximum Gasteiger partial charge on any atom is 0.154 e. The van der Waals surface area contributed by atoms with Gasteiger partial charge in [0.05, 0.1) is 19.8 Å². The number of rotatable bonds is 18. The monoisotopic (exact) mass is 352 g/mol. The van der Waals surface area contributed by atoms with Gasteiger partial charge < -0.3 is 14.2 Å². The van der Waals surface area contributed by atoms with Crippen molar-refractivity contribution >= 4 is 21.6 Å². The Hall–Kier alpha value is 0.580. The highest BCUT2D eigenvalue weighted by molar-refractivity contribution is 8.76. The molecule has 0 saturated carbocycles. The van der Waals surface area contributed by atoms with Gasteiger partial charge in [-0.15, -0.1) is 0 Å². The highest BCUT2D eigenvalue weighted by atomic mass is 33.1. The SMILES string of the molecule is CCCCCCCCCCSSCCOCCOC(C)OC. The average Bonchev–Trinajstić information content (AvgIpc) is 2.54. The predicted octanol–water partition coefficient (Wildman–Crippen LogP) is 5.53. The van der Waals surface area contributed by atoms with Crippen LogP contribution in [0.4, 0.5) is 0 Å². The van der Waals surface area contributed by atoms with Crippen LogP contribution in [-0.2, 0) is 14.2 Å². The summed E-state index contributed by atoms with van der Waals surface area (Å²) >= 11 is 0. The fraction of sp³-hybridized carbons (Fsp3) is 1.00. The highest BCUT2D eigenvalue weighted by Crippen LogP contribution is 2.22. The van der Waals surface area contributed by atoms with E-state index in [1.165, 1.54) is 57.1 Å². The number of methoxy groups -OCH3 is 1. The third kappa shape index (κ3) is 18.6. The summed E-state index contributed by atoms with van der Waals surface area (Å²) in [5, 5.41) is 0. The third-order valence-corrected chi connectivity index (χ3v) is 5.84. The van der Waals surface area contributed by atoms with E-state index in [4.69, 9.17) is 14.2 Å². The lowest BCUT2D eigenvalue weighted by Crippen LogP contribution is -2.14. The molecule has 0 aromatic heterocycles. The van der Waals surface area contributed by atoms with Crippen molar-refractivity contribution in [1.82, 2.24) is 0 Å². The molecule has 0 heterocycles. The molecule has 0 aliphatic rings. The molecule has 22 heavy (non-hydrogen) atoms. The van der Waals surface area contributed by atoms with E-state index in [1.54, 1.807) is 7.11 Å². The first-order chi connectivity index (χ1) is 10.8. The molecule has 0 bridgehead atoms. The molecule has 1 atom stereocenters. The van der Waals surface area contributed by atoms with E-state index in [-0.39, 0.29) is 6.29 Å². The van der Waals surface area contributed by atoms with E-state index >= 15 is 0 Å². The van der Waals surface area contributed by atoms with E-state index in [2.05, 4.69) is 6.92 Å². The van der Waals surface area contributed by atoms with Crippen LogP contribution >= 0.6 is 21.6 Å². The van der Waals surface area contributed by atoms with Crippen LogP contribution in [0.1, 0.15) is 65.2 Å². The number of hydrogen-bond acceptors (Lipinski definition) is 5. The van der Waals surface area contributed by atoms with E-state index in [0.717, 1.165) is 12.4 Å². The van der Waals surface area contributed by atoms with Crippen molar-refractivity contribution in [2.24, 2.45) is 0 Å². The molecular weight excluding hydrogens is 316 g/mol. The predicted molar refractivity (Wildman–Crippen MR) is 101 cm³/mol. The summed E-state index contributed by atoms with van der Waals surface area (Å²) in [6, 6.07) is 0. The minimum atomic E-state index is -0.139. The second-order valence-electron chi connectivity index (χ2n) is 5.41. The van der Waals surface area contributed by atoms with Crippen LogP contribution in [0.25, 0.3) is 0 Å². The lowest BCUT2D eigenvalue weighted by atomic mass is 10.1. The molecule has 0 amide bonds. The summed E-state index contributed by atoms with van der Waals surface area (Å²) in [5.74, 6) is 2.33. The summed E-state index contributed by atoms with van der Waals surface area (Å²) in [6.07, 6.45) is 11.1. The van der Waals surface area contributed by atoms with Gasteiger partial charge in [0.15, 0.2) is 6.29 Å². The van der Waals surface area contributed by atoms with Crippen LogP contribution in [0.5, 0.6) is 0 Å². The topological polar surface area (TPSA) is 27.7 Å². The molecule has 0 spiro atoms. The fourth-order valence-corrected chi connectivity index (χ4v) is 3.96. The van der Waals surface area contributed by atoms with Crippen molar-refractivity contribution in [2.75, 3.05) is 38.4 Å². The van der Waals surface area contributed by atoms with Crippen molar-refractivity contribution in [3.05, 3.63) is 0 Å². The Morgan fingerprint density at radius 3 is 2.09 bits per heavy atom. The standard InChI is InChI=1S/C17H36O3S2/c1-4-5-6-7-8-9-10-11-15-21-22-16-14-19-12-13-20-17(2)18-3/h17H,4-16H2,1-3H3. The van der Waals surface area contributed by atoms with E-state index in [1.807, 2.05) is 28.5 Å². The van der Waals surface area contributed by atoms with Crippen LogP contribution in [0, 0.1) is 0 Å².